The fourth-order valence-electron chi connectivity index (χ4n) is 2.63. The van der Waals surface area contributed by atoms with Crippen molar-refractivity contribution in [1.82, 2.24) is 0 Å². The summed E-state index contributed by atoms with van der Waals surface area (Å²) >= 11 is 11.8. The molecule has 0 aromatic heterocycles. The molecule has 6 heteroatoms. The Kier molecular flexibility index (Phi) is 4.05. The number of rotatable bonds is 1. The van der Waals surface area contributed by atoms with Crippen LogP contribution in [-0.2, 0) is 5.60 Å². The topological polar surface area (TPSA) is 20.2 Å². The van der Waals surface area contributed by atoms with Crippen molar-refractivity contribution in [2.24, 2.45) is 5.92 Å². The first kappa shape index (κ1) is 14.9. The van der Waals surface area contributed by atoms with Gasteiger partial charge in [-0.05, 0) is 43.9 Å². The molecule has 0 aliphatic heterocycles. The zero-order valence-corrected chi connectivity index (χ0v) is 11.5. The molecule has 106 valence electrons. The van der Waals surface area contributed by atoms with Gasteiger partial charge in [0.05, 0.1) is 11.5 Å². The summed E-state index contributed by atoms with van der Waals surface area (Å²) in [7, 11) is 0. The van der Waals surface area contributed by atoms with Crippen molar-refractivity contribution in [3.63, 3.8) is 0 Å². The molecule has 0 heterocycles. The second-order valence-corrected chi connectivity index (χ2v) is 5.83. The van der Waals surface area contributed by atoms with Gasteiger partial charge < -0.3 is 5.11 Å². The lowest BCUT2D eigenvalue weighted by molar-refractivity contribution is -0.201. The van der Waals surface area contributed by atoms with E-state index in [1.165, 1.54) is 12.1 Å². The fraction of sp³-hybridized carbons (Fsp3) is 0.538. The van der Waals surface area contributed by atoms with Crippen molar-refractivity contribution < 1.29 is 18.3 Å². The van der Waals surface area contributed by atoms with E-state index in [1.807, 2.05) is 0 Å². The van der Waals surface area contributed by atoms with Crippen LogP contribution in [0.15, 0.2) is 18.2 Å². The summed E-state index contributed by atoms with van der Waals surface area (Å²) in [6.45, 7) is 0. The van der Waals surface area contributed by atoms with Crippen molar-refractivity contribution in [3.05, 3.63) is 33.8 Å². The van der Waals surface area contributed by atoms with Gasteiger partial charge in [-0.25, -0.2) is 0 Å². The first-order chi connectivity index (χ1) is 8.72. The third kappa shape index (κ3) is 3.18. The van der Waals surface area contributed by atoms with Crippen molar-refractivity contribution >= 4 is 23.2 Å². The molecule has 0 bridgehead atoms. The van der Waals surface area contributed by atoms with E-state index in [4.69, 9.17) is 23.2 Å². The second-order valence-electron chi connectivity index (χ2n) is 4.99. The van der Waals surface area contributed by atoms with Crippen LogP contribution in [0, 0.1) is 5.92 Å². The number of alkyl halides is 3. The summed E-state index contributed by atoms with van der Waals surface area (Å²) in [5.41, 5.74) is -1.27. The Morgan fingerprint density at radius 2 is 1.95 bits per heavy atom. The average Bonchev–Trinajstić information content (AvgIpc) is 2.31. The second kappa shape index (κ2) is 5.15. The molecule has 19 heavy (non-hydrogen) atoms. The summed E-state index contributed by atoms with van der Waals surface area (Å²) in [5.74, 6) is -1.50. The molecule has 1 nitrogen and oxygen atoms in total. The van der Waals surface area contributed by atoms with Crippen LogP contribution in [0.25, 0.3) is 0 Å². The number of aliphatic hydroxyl groups is 1. The minimum atomic E-state index is -4.29. The van der Waals surface area contributed by atoms with Crippen LogP contribution in [-0.4, -0.2) is 11.3 Å². The SMILES string of the molecule is OC1(c2cc(Cl)ccc2Cl)CCCC(C(F)(F)F)C1. The standard InChI is InChI=1S/C13H13Cl2F3O/c14-9-3-4-11(15)10(6-9)12(19)5-1-2-8(7-12)13(16,17)18/h3-4,6,8,19H,1-2,5,7H2. The molecule has 1 aromatic rings. The van der Waals surface area contributed by atoms with Gasteiger partial charge in [-0.1, -0.05) is 23.2 Å². The van der Waals surface area contributed by atoms with Gasteiger partial charge in [-0.15, -0.1) is 0 Å². The molecule has 1 saturated carbocycles. The van der Waals surface area contributed by atoms with Gasteiger partial charge in [-0.3, -0.25) is 0 Å². The van der Waals surface area contributed by atoms with Crippen molar-refractivity contribution in [1.29, 1.82) is 0 Å². The highest BCUT2D eigenvalue weighted by Gasteiger charge is 2.48. The van der Waals surface area contributed by atoms with E-state index in [0.717, 1.165) is 0 Å². The number of benzene rings is 1. The molecular weight excluding hydrogens is 300 g/mol. The number of hydrogen-bond acceptors (Lipinski definition) is 1. The molecule has 1 N–H and O–H groups in total. The molecule has 0 radical (unpaired) electrons. The Morgan fingerprint density at radius 1 is 1.26 bits per heavy atom. The Labute approximate surface area is 119 Å². The van der Waals surface area contributed by atoms with Gasteiger partial charge in [0.1, 0.15) is 0 Å². The van der Waals surface area contributed by atoms with E-state index in [2.05, 4.69) is 0 Å². The summed E-state index contributed by atoms with van der Waals surface area (Å²) in [5, 5.41) is 11.1. The van der Waals surface area contributed by atoms with Crippen molar-refractivity contribution in [2.45, 2.75) is 37.5 Å². The van der Waals surface area contributed by atoms with Gasteiger partial charge in [0.25, 0.3) is 0 Å². The molecule has 1 aromatic carbocycles. The van der Waals surface area contributed by atoms with E-state index in [1.54, 1.807) is 6.07 Å². The lowest BCUT2D eigenvalue weighted by atomic mass is 9.74. The van der Waals surface area contributed by atoms with E-state index in [-0.39, 0.29) is 29.8 Å². The highest BCUT2D eigenvalue weighted by Crippen LogP contribution is 2.47. The maximum absolute atomic E-state index is 12.8. The third-order valence-electron chi connectivity index (χ3n) is 3.62. The van der Waals surface area contributed by atoms with E-state index < -0.39 is 17.7 Å². The number of halogens is 5. The molecule has 1 aliphatic carbocycles. The van der Waals surface area contributed by atoms with Crippen LogP contribution < -0.4 is 0 Å². The van der Waals surface area contributed by atoms with E-state index >= 15 is 0 Å². The monoisotopic (exact) mass is 312 g/mol. The minimum Gasteiger partial charge on any atom is -0.385 e. The van der Waals surface area contributed by atoms with Crippen LogP contribution in [0.3, 0.4) is 0 Å². The third-order valence-corrected chi connectivity index (χ3v) is 4.18. The zero-order valence-electron chi connectivity index (χ0n) is 9.97. The molecule has 1 aliphatic rings. The molecule has 1 fully saturated rings. The van der Waals surface area contributed by atoms with E-state index in [9.17, 15) is 18.3 Å². The largest absolute Gasteiger partial charge is 0.391 e. The Hall–Kier alpha value is -0.450. The molecule has 2 atom stereocenters. The normalized spacial score (nSPS) is 28.4. The van der Waals surface area contributed by atoms with Crippen LogP contribution in [0.1, 0.15) is 31.2 Å². The maximum atomic E-state index is 12.8. The molecule has 2 rings (SSSR count). The molecule has 0 amide bonds. The van der Waals surface area contributed by atoms with Gasteiger partial charge in [0.2, 0.25) is 0 Å². The first-order valence-electron chi connectivity index (χ1n) is 5.97. The fourth-order valence-corrected chi connectivity index (χ4v) is 3.10. The smallest absolute Gasteiger partial charge is 0.385 e. The van der Waals surface area contributed by atoms with Crippen molar-refractivity contribution in [2.75, 3.05) is 0 Å². The van der Waals surface area contributed by atoms with Crippen LogP contribution in [0.5, 0.6) is 0 Å². The predicted molar refractivity (Wildman–Crippen MR) is 68.4 cm³/mol. The summed E-state index contributed by atoms with van der Waals surface area (Å²) in [6.07, 6.45) is -4.04. The average molecular weight is 313 g/mol. The van der Waals surface area contributed by atoms with Crippen LogP contribution >= 0.6 is 23.2 Å². The zero-order chi connectivity index (χ0) is 14.3. The molecule has 2 unspecified atom stereocenters. The summed E-state index contributed by atoms with van der Waals surface area (Å²) in [6, 6.07) is 4.48. The first-order valence-corrected chi connectivity index (χ1v) is 6.72. The lowest BCUT2D eigenvalue weighted by Gasteiger charge is -2.38. The summed E-state index contributed by atoms with van der Waals surface area (Å²) in [4.78, 5) is 0. The molecule has 0 saturated heterocycles. The van der Waals surface area contributed by atoms with Crippen LogP contribution in [0.2, 0.25) is 10.0 Å². The molecular formula is C13H13Cl2F3O. The summed E-state index contributed by atoms with van der Waals surface area (Å²) < 4.78 is 38.4. The van der Waals surface area contributed by atoms with Crippen LogP contribution in [0.4, 0.5) is 13.2 Å². The highest BCUT2D eigenvalue weighted by molar-refractivity contribution is 6.33. The minimum absolute atomic E-state index is 0.0456. The predicted octanol–water partition coefficient (Wildman–Crippen LogP) is 4.93. The Bertz CT molecular complexity index is 475. The number of hydrogen-bond donors (Lipinski definition) is 1. The van der Waals surface area contributed by atoms with Gasteiger partial charge >= 0.3 is 6.18 Å². The van der Waals surface area contributed by atoms with Gasteiger partial charge in [-0.2, -0.15) is 13.2 Å². The van der Waals surface area contributed by atoms with Crippen molar-refractivity contribution in [3.8, 4) is 0 Å². The van der Waals surface area contributed by atoms with Gasteiger partial charge in [0, 0.05) is 15.6 Å². The Morgan fingerprint density at radius 3 is 2.58 bits per heavy atom. The lowest BCUT2D eigenvalue weighted by Crippen LogP contribution is -2.38. The quantitative estimate of drug-likeness (QED) is 0.779. The highest BCUT2D eigenvalue weighted by atomic mass is 35.5. The maximum Gasteiger partial charge on any atom is 0.391 e. The Balaban J connectivity index is 2.34. The van der Waals surface area contributed by atoms with E-state index in [0.29, 0.717) is 11.4 Å². The molecule has 0 spiro atoms. The van der Waals surface area contributed by atoms with Gasteiger partial charge in [0.15, 0.2) is 0 Å².